The highest BCUT2D eigenvalue weighted by atomic mass is 32.1. The Morgan fingerprint density at radius 2 is 2.04 bits per heavy atom. The molecular formula is C18H19N3O6S. The molecule has 1 amide bonds. The number of carbonyl (C=O) groups excluding carboxylic acids is 1. The first-order chi connectivity index (χ1) is 13.6. The van der Waals surface area contributed by atoms with E-state index in [4.69, 9.17) is 14.2 Å². The lowest BCUT2D eigenvalue weighted by atomic mass is 10.1. The number of amides is 1. The number of rotatable bonds is 6. The van der Waals surface area contributed by atoms with E-state index in [1.54, 1.807) is 11.3 Å². The minimum atomic E-state index is -0.588. The number of carbonyl (C=O) groups is 1. The van der Waals surface area contributed by atoms with Gasteiger partial charge in [0.25, 0.3) is 11.6 Å². The van der Waals surface area contributed by atoms with Crippen molar-refractivity contribution < 1.29 is 23.9 Å². The molecule has 0 aliphatic carbocycles. The zero-order chi connectivity index (χ0) is 19.5. The first kappa shape index (κ1) is 18.7. The summed E-state index contributed by atoms with van der Waals surface area (Å²) in [6.07, 6.45) is 0. The standard InChI is InChI=1S/C18H19N3O6S/c22-18(12-8-15-16(27-11-26-15)9-13(12)21(23)24)19-10-14(17-2-1-7-28-17)20-3-5-25-6-4-20/h1-2,7-9,14H,3-6,10-11H2,(H,19,22)/t14-/m1/s1. The van der Waals surface area contributed by atoms with Gasteiger partial charge >= 0.3 is 0 Å². The van der Waals surface area contributed by atoms with Crippen molar-refractivity contribution in [2.75, 3.05) is 39.6 Å². The molecule has 2 aliphatic rings. The van der Waals surface area contributed by atoms with Crippen molar-refractivity contribution in [1.29, 1.82) is 0 Å². The van der Waals surface area contributed by atoms with Crippen LogP contribution in [-0.2, 0) is 4.74 Å². The van der Waals surface area contributed by atoms with Gasteiger partial charge in [-0.25, -0.2) is 0 Å². The molecule has 1 atom stereocenters. The van der Waals surface area contributed by atoms with Crippen LogP contribution < -0.4 is 14.8 Å². The van der Waals surface area contributed by atoms with E-state index in [1.807, 2.05) is 17.5 Å². The van der Waals surface area contributed by atoms with Gasteiger partial charge in [-0.1, -0.05) is 6.07 Å². The average Bonchev–Trinajstić information content (AvgIpc) is 3.39. The van der Waals surface area contributed by atoms with E-state index >= 15 is 0 Å². The van der Waals surface area contributed by atoms with E-state index < -0.39 is 10.8 Å². The van der Waals surface area contributed by atoms with Gasteiger partial charge < -0.3 is 19.5 Å². The van der Waals surface area contributed by atoms with E-state index in [0.29, 0.717) is 25.5 Å². The fourth-order valence-electron chi connectivity index (χ4n) is 3.33. The van der Waals surface area contributed by atoms with Crippen LogP contribution in [-0.4, -0.2) is 55.4 Å². The Bertz CT molecular complexity index is 866. The van der Waals surface area contributed by atoms with Crippen LogP contribution in [0, 0.1) is 10.1 Å². The topological polar surface area (TPSA) is 103 Å². The zero-order valence-corrected chi connectivity index (χ0v) is 15.8. The molecule has 1 saturated heterocycles. The number of thiophene rings is 1. The number of fused-ring (bicyclic) bond motifs is 1. The number of morpholine rings is 1. The van der Waals surface area contributed by atoms with Crippen molar-refractivity contribution in [2.45, 2.75) is 6.04 Å². The van der Waals surface area contributed by atoms with Crippen molar-refractivity contribution in [3.8, 4) is 11.5 Å². The molecule has 2 aliphatic heterocycles. The minimum absolute atomic E-state index is 0.0130. The number of ether oxygens (including phenoxy) is 3. The van der Waals surface area contributed by atoms with E-state index in [-0.39, 0.29) is 29.8 Å². The highest BCUT2D eigenvalue weighted by molar-refractivity contribution is 7.10. The zero-order valence-electron chi connectivity index (χ0n) is 15.0. The van der Waals surface area contributed by atoms with Crippen LogP contribution in [0.2, 0.25) is 0 Å². The fraction of sp³-hybridized carbons (Fsp3) is 0.389. The Morgan fingerprint density at radius 1 is 1.29 bits per heavy atom. The molecule has 10 heteroatoms. The van der Waals surface area contributed by atoms with Gasteiger partial charge in [0.05, 0.1) is 30.2 Å². The van der Waals surface area contributed by atoms with Gasteiger partial charge in [0.2, 0.25) is 6.79 Å². The second kappa shape index (κ2) is 8.13. The van der Waals surface area contributed by atoms with Crippen LogP contribution in [0.25, 0.3) is 0 Å². The van der Waals surface area contributed by atoms with Gasteiger partial charge in [-0.3, -0.25) is 19.8 Å². The molecule has 1 aromatic heterocycles. The molecule has 1 fully saturated rings. The third-order valence-corrected chi connectivity index (χ3v) is 5.72. The third-order valence-electron chi connectivity index (χ3n) is 4.75. The monoisotopic (exact) mass is 405 g/mol. The Hall–Kier alpha value is -2.69. The van der Waals surface area contributed by atoms with E-state index in [2.05, 4.69) is 10.2 Å². The summed E-state index contributed by atoms with van der Waals surface area (Å²) in [5.41, 5.74) is -0.345. The van der Waals surface area contributed by atoms with Crippen molar-refractivity contribution in [3.63, 3.8) is 0 Å². The second-order valence-corrected chi connectivity index (χ2v) is 7.35. The van der Waals surface area contributed by atoms with E-state index in [0.717, 1.165) is 18.0 Å². The van der Waals surface area contributed by atoms with Gasteiger partial charge in [-0.2, -0.15) is 0 Å². The number of nitrogens with zero attached hydrogens (tertiary/aromatic N) is 2. The molecule has 28 heavy (non-hydrogen) atoms. The highest BCUT2D eigenvalue weighted by Gasteiger charge is 2.29. The summed E-state index contributed by atoms with van der Waals surface area (Å²) in [4.78, 5) is 27.0. The molecule has 4 rings (SSSR count). The van der Waals surface area contributed by atoms with Gasteiger partial charge in [0.1, 0.15) is 5.56 Å². The normalized spacial score (nSPS) is 17.3. The van der Waals surface area contributed by atoms with Crippen molar-refractivity contribution in [1.82, 2.24) is 10.2 Å². The summed E-state index contributed by atoms with van der Waals surface area (Å²) in [5, 5.41) is 16.3. The summed E-state index contributed by atoms with van der Waals surface area (Å²) < 4.78 is 15.9. The summed E-state index contributed by atoms with van der Waals surface area (Å²) in [6.45, 7) is 3.14. The Balaban J connectivity index is 1.53. The molecule has 1 N–H and O–H groups in total. The number of benzene rings is 1. The van der Waals surface area contributed by atoms with Gasteiger partial charge in [-0.15, -0.1) is 11.3 Å². The van der Waals surface area contributed by atoms with Crippen LogP contribution >= 0.6 is 11.3 Å². The second-order valence-electron chi connectivity index (χ2n) is 6.37. The lowest BCUT2D eigenvalue weighted by Gasteiger charge is -2.34. The number of nitrogens with one attached hydrogen (secondary N) is 1. The molecule has 3 heterocycles. The summed E-state index contributed by atoms with van der Waals surface area (Å²) in [7, 11) is 0. The van der Waals surface area contributed by atoms with Crippen LogP contribution in [0.1, 0.15) is 21.3 Å². The molecule has 0 bridgehead atoms. The predicted molar refractivity (Wildman–Crippen MR) is 101 cm³/mol. The maximum Gasteiger partial charge on any atom is 0.286 e. The van der Waals surface area contributed by atoms with Gasteiger partial charge in [0.15, 0.2) is 11.5 Å². The SMILES string of the molecule is O=C(NC[C@H](c1cccs1)N1CCOCC1)c1cc2c(cc1[N+](=O)[O-])OCO2. The molecule has 0 radical (unpaired) electrons. The molecule has 2 aromatic rings. The lowest BCUT2D eigenvalue weighted by Crippen LogP contribution is -2.43. The Kier molecular flexibility index (Phi) is 5.42. The molecule has 0 unspecified atom stereocenters. The fourth-order valence-corrected chi connectivity index (χ4v) is 4.19. The van der Waals surface area contributed by atoms with E-state index in [9.17, 15) is 14.9 Å². The predicted octanol–water partition coefficient (Wildman–Crippen LogP) is 2.19. The third kappa shape index (κ3) is 3.79. The summed E-state index contributed by atoms with van der Waals surface area (Å²) >= 11 is 1.62. The molecule has 148 valence electrons. The number of nitro groups is 1. The van der Waals surface area contributed by atoms with Crippen LogP contribution in [0.5, 0.6) is 11.5 Å². The molecule has 0 spiro atoms. The summed E-state index contributed by atoms with van der Waals surface area (Å²) in [5.74, 6) is 0.0894. The maximum absolute atomic E-state index is 12.8. The van der Waals surface area contributed by atoms with Crippen molar-refractivity contribution >= 4 is 22.9 Å². The van der Waals surface area contributed by atoms with Crippen molar-refractivity contribution in [2.24, 2.45) is 0 Å². The van der Waals surface area contributed by atoms with Crippen LogP contribution in [0.3, 0.4) is 0 Å². The molecule has 9 nitrogen and oxygen atoms in total. The summed E-state index contributed by atoms with van der Waals surface area (Å²) in [6, 6.07) is 6.58. The largest absolute Gasteiger partial charge is 0.454 e. The smallest absolute Gasteiger partial charge is 0.286 e. The molecular weight excluding hydrogens is 386 g/mol. The van der Waals surface area contributed by atoms with Crippen LogP contribution in [0.4, 0.5) is 5.69 Å². The van der Waals surface area contributed by atoms with Gasteiger partial charge in [0, 0.05) is 30.6 Å². The lowest BCUT2D eigenvalue weighted by molar-refractivity contribution is -0.385. The molecule has 1 aromatic carbocycles. The number of hydrogen-bond donors (Lipinski definition) is 1. The maximum atomic E-state index is 12.8. The Morgan fingerprint density at radius 3 is 2.71 bits per heavy atom. The molecule has 0 saturated carbocycles. The highest BCUT2D eigenvalue weighted by Crippen LogP contribution is 2.38. The Labute approximate surface area is 165 Å². The number of hydrogen-bond acceptors (Lipinski definition) is 8. The first-order valence-corrected chi connectivity index (χ1v) is 9.73. The quantitative estimate of drug-likeness (QED) is 0.580. The first-order valence-electron chi connectivity index (χ1n) is 8.85. The van der Waals surface area contributed by atoms with Crippen molar-refractivity contribution in [3.05, 3.63) is 50.2 Å². The van der Waals surface area contributed by atoms with Gasteiger partial charge in [-0.05, 0) is 11.4 Å². The van der Waals surface area contributed by atoms with Crippen LogP contribution in [0.15, 0.2) is 29.6 Å². The van der Waals surface area contributed by atoms with E-state index in [1.165, 1.54) is 12.1 Å². The number of nitro benzene ring substituents is 1. The minimum Gasteiger partial charge on any atom is -0.454 e. The average molecular weight is 405 g/mol.